The van der Waals surface area contributed by atoms with Gasteiger partial charge in [0.1, 0.15) is 12.4 Å². The van der Waals surface area contributed by atoms with E-state index in [-0.39, 0.29) is 24.0 Å². The molecule has 3 aromatic carbocycles. The van der Waals surface area contributed by atoms with E-state index in [9.17, 15) is 9.59 Å². The van der Waals surface area contributed by atoms with Crippen LogP contribution >= 0.6 is 0 Å². The Hall–Kier alpha value is -3.40. The second-order valence-electron chi connectivity index (χ2n) is 8.26. The SMILES string of the molecule is CN(C)C(=O)CC1CCc2cc(OCc3ccc(-c4ccccc4)cc3)ccc2C1=O. The van der Waals surface area contributed by atoms with Crippen molar-refractivity contribution in [3.63, 3.8) is 0 Å². The summed E-state index contributed by atoms with van der Waals surface area (Å²) in [7, 11) is 3.45. The molecule has 1 unspecified atom stereocenters. The number of nitrogens with zero attached hydrogens (tertiary/aromatic N) is 1. The number of hydrogen-bond acceptors (Lipinski definition) is 3. The largest absolute Gasteiger partial charge is 0.489 e. The number of aryl methyl sites for hydroxylation is 1. The lowest BCUT2D eigenvalue weighted by Crippen LogP contribution is -2.30. The molecule has 0 aromatic heterocycles. The molecule has 0 heterocycles. The molecule has 0 bridgehead atoms. The Bertz CT molecular complexity index is 1070. The third-order valence-corrected chi connectivity index (χ3v) is 5.86. The van der Waals surface area contributed by atoms with Crippen LogP contribution in [0.2, 0.25) is 0 Å². The summed E-state index contributed by atoms with van der Waals surface area (Å²) in [6.07, 6.45) is 1.77. The molecule has 31 heavy (non-hydrogen) atoms. The normalized spacial score (nSPS) is 15.3. The van der Waals surface area contributed by atoms with Crippen molar-refractivity contribution in [3.05, 3.63) is 89.5 Å². The number of hydrogen-bond donors (Lipinski definition) is 0. The molecule has 4 nitrogen and oxygen atoms in total. The standard InChI is InChI=1S/C27H27NO3/c1-28(2)26(29)17-23-13-12-22-16-24(14-15-25(22)27(23)30)31-18-19-8-10-21(11-9-19)20-6-4-3-5-7-20/h3-11,14-16,23H,12-13,17-18H2,1-2H3. The predicted molar refractivity (Wildman–Crippen MR) is 122 cm³/mol. The van der Waals surface area contributed by atoms with Crippen LogP contribution in [0.25, 0.3) is 11.1 Å². The zero-order valence-corrected chi connectivity index (χ0v) is 18.0. The number of amides is 1. The summed E-state index contributed by atoms with van der Waals surface area (Å²) in [5, 5.41) is 0. The van der Waals surface area contributed by atoms with Crippen molar-refractivity contribution in [2.24, 2.45) is 5.92 Å². The van der Waals surface area contributed by atoms with Crippen LogP contribution in [0.4, 0.5) is 0 Å². The monoisotopic (exact) mass is 413 g/mol. The van der Waals surface area contributed by atoms with Crippen LogP contribution in [0, 0.1) is 5.92 Å². The summed E-state index contributed by atoms with van der Waals surface area (Å²) in [4.78, 5) is 26.3. The van der Waals surface area contributed by atoms with Gasteiger partial charge in [0.15, 0.2) is 5.78 Å². The third kappa shape index (κ3) is 4.85. The van der Waals surface area contributed by atoms with Crippen molar-refractivity contribution in [2.45, 2.75) is 25.9 Å². The minimum atomic E-state index is -0.225. The van der Waals surface area contributed by atoms with E-state index in [1.807, 2.05) is 36.4 Å². The van der Waals surface area contributed by atoms with Crippen LogP contribution < -0.4 is 4.74 Å². The van der Waals surface area contributed by atoms with Gasteiger partial charge in [-0.15, -0.1) is 0 Å². The molecule has 0 aliphatic heterocycles. The predicted octanol–water partition coefficient (Wildman–Crippen LogP) is 5.16. The van der Waals surface area contributed by atoms with Crippen LogP contribution in [0.1, 0.15) is 34.3 Å². The highest BCUT2D eigenvalue weighted by Gasteiger charge is 2.29. The van der Waals surface area contributed by atoms with Gasteiger partial charge in [0.2, 0.25) is 5.91 Å². The van der Waals surface area contributed by atoms with E-state index in [4.69, 9.17) is 4.74 Å². The molecule has 1 aliphatic carbocycles. The Morgan fingerprint density at radius 1 is 0.968 bits per heavy atom. The van der Waals surface area contributed by atoms with Gasteiger partial charge in [-0.2, -0.15) is 0 Å². The average molecular weight is 414 g/mol. The van der Waals surface area contributed by atoms with Crippen molar-refractivity contribution in [3.8, 4) is 16.9 Å². The molecule has 158 valence electrons. The van der Waals surface area contributed by atoms with E-state index in [0.29, 0.717) is 13.0 Å². The van der Waals surface area contributed by atoms with E-state index < -0.39 is 0 Å². The van der Waals surface area contributed by atoms with Crippen LogP contribution in [-0.2, 0) is 17.8 Å². The van der Waals surface area contributed by atoms with Crippen LogP contribution in [0.5, 0.6) is 5.75 Å². The van der Waals surface area contributed by atoms with E-state index in [2.05, 4.69) is 36.4 Å². The molecule has 1 atom stereocenters. The fourth-order valence-electron chi connectivity index (χ4n) is 3.97. The number of ketones is 1. The summed E-state index contributed by atoms with van der Waals surface area (Å²) in [6.45, 7) is 0.474. The summed E-state index contributed by atoms with van der Waals surface area (Å²) < 4.78 is 5.99. The molecule has 0 saturated carbocycles. The maximum Gasteiger partial charge on any atom is 0.222 e. The number of Topliss-reactive ketones (excluding diaryl/α,β-unsaturated/α-hetero) is 1. The first kappa shape index (κ1) is 20.9. The molecule has 0 radical (unpaired) electrons. The molecular formula is C27H27NO3. The lowest BCUT2D eigenvalue weighted by atomic mass is 9.81. The Labute approximate surface area is 183 Å². The van der Waals surface area contributed by atoms with Gasteiger partial charge in [-0.3, -0.25) is 9.59 Å². The summed E-state index contributed by atoms with van der Waals surface area (Å²) >= 11 is 0. The summed E-state index contributed by atoms with van der Waals surface area (Å²) in [5.41, 5.74) is 5.20. The van der Waals surface area contributed by atoms with Crippen molar-refractivity contribution in [2.75, 3.05) is 14.1 Å². The van der Waals surface area contributed by atoms with Gasteiger partial charge < -0.3 is 9.64 Å². The van der Waals surface area contributed by atoms with Crippen LogP contribution in [-0.4, -0.2) is 30.7 Å². The Balaban J connectivity index is 1.39. The molecule has 0 N–H and O–H groups in total. The van der Waals surface area contributed by atoms with E-state index in [0.717, 1.165) is 28.9 Å². The minimum absolute atomic E-state index is 0.0000337. The third-order valence-electron chi connectivity index (χ3n) is 5.86. The van der Waals surface area contributed by atoms with Gasteiger partial charge in [-0.25, -0.2) is 0 Å². The molecule has 0 saturated heterocycles. The Morgan fingerprint density at radius 2 is 1.68 bits per heavy atom. The number of rotatable bonds is 6. The topological polar surface area (TPSA) is 46.6 Å². The number of ether oxygens (including phenoxy) is 1. The maximum absolute atomic E-state index is 12.8. The zero-order valence-electron chi connectivity index (χ0n) is 18.0. The molecule has 1 amide bonds. The molecule has 0 fully saturated rings. The van der Waals surface area contributed by atoms with Gasteiger partial charge in [-0.1, -0.05) is 54.6 Å². The highest BCUT2D eigenvalue weighted by Crippen LogP contribution is 2.31. The van der Waals surface area contributed by atoms with Crippen LogP contribution in [0.15, 0.2) is 72.8 Å². The van der Waals surface area contributed by atoms with Gasteiger partial charge in [0.25, 0.3) is 0 Å². The number of benzene rings is 3. The van der Waals surface area contributed by atoms with Gasteiger partial charge in [0.05, 0.1) is 0 Å². The van der Waals surface area contributed by atoms with Gasteiger partial charge in [-0.05, 0) is 53.3 Å². The smallest absolute Gasteiger partial charge is 0.222 e. The molecule has 1 aliphatic rings. The molecule has 3 aromatic rings. The number of carbonyl (C=O) groups excluding carboxylic acids is 2. The number of carbonyl (C=O) groups is 2. The molecular weight excluding hydrogens is 386 g/mol. The van der Waals surface area contributed by atoms with Crippen molar-refractivity contribution >= 4 is 11.7 Å². The van der Waals surface area contributed by atoms with E-state index in [1.54, 1.807) is 19.0 Å². The van der Waals surface area contributed by atoms with Gasteiger partial charge in [0, 0.05) is 32.0 Å². The fraction of sp³-hybridized carbons (Fsp3) is 0.259. The van der Waals surface area contributed by atoms with Crippen molar-refractivity contribution in [1.29, 1.82) is 0 Å². The Morgan fingerprint density at radius 3 is 2.39 bits per heavy atom. The fourth-order valence-corrected chi connectivity index (χ4v) is 3.97. The molecule has 4 heteroatoms. The van der Waals surface area contributed by atoms with Crippen molar-refractivity contribution in [1.82, 2.24) is 4.90 Å². The first-order valence-corrected chi connectivity index (χ1v) is 10.7. The highest BCUT2D eigenvalue weighted by molar-refractivity contribution is 6.02. The molecule has 4 rings (SSSR count). The van der Waals surface area contributed by atoms with Crippen molar-refractivity contribution < 1.29 is 14.3 Å². The van der Waals surface area contributed by atoms with Gasteiger partial charge >= 0.3 is 0 Å². The first-order valence-electron chi connectivity index (χ1n) is 10.7. The lowest BCUT2D eigenvalue weighted by Gasteiger charge is -2.24. The minimum Gasteiger partial charge on any atom is -0.489 e. The second-order valence-corrected chi connectivity index (χ2v) is 8.26. The number of fused-ring (bicyclic) bond motifs is 1. The van der Waals surface area contributed by atoms with E-state index >= 15 is 0 Å². The van der Waals surface area contributed by atoms with E-state index in [1.165, 1.54) is 11.1 Å². The average Bonchev–Trinajstić information content (AvgIpc) is 2.80. The summed E-state index contributed by atoms with van der Waals surface area (Å²) in [6, 6.07) is 24.3. The molecule has 0 spiro atoms. The second kappa shape index (κ2) is 9.17. The first-order chi connectivity index (χ1) is 15.0. The highest BCUT2D eigenvalue weighted by atomic mass is 16.5. The lowest BCUT2D eigenvalue weighted by molar-refractivity contribution is -0.129. The maximum atomic E-state index is 12.8. The summed E-state index contributed by atoms with van der Waals surface area (Å²) in [5.74, 6) is 0.610. The zero-order chi connectivity index (χ0) is 21.8. The Kier molecular flexibility index (Phi) is 6.17. The quantitative estimate of drug-likeness (QED) is 0.561. The van der Waals surface area contributed by atoms with Crippen LogP contribution in [0.3, 0.4) is 0 Å².